The van der Waals surface area contributed by atoms with Crippen LogP contribution >= 0.6 is 0 Å². The minimum absolute atomic E-state index is 0.185. The summed E-state index contributed by atoms with van der Waals surface area (Å²) >= 11 is 0. The smallest absolute Gasteiger partial charge is 0.335 e. The number of aromatic carboxylic acids is 1. The lowest BCUT2D eigenvalue weighted by atomic mass is 10.0. The van der Waals surface area contributed by atoms with E-state index in [1.54, 1.807) is 24.3 Å². The van der Waals surface area contributed by atoms with Gasteiger partial charge in [0.05, 0.1) is 5.56 Å². The van der Waals surface area contributed by atoms with Gasteiger partial charge in [-0.05, 0) is 44.0 Å². The van der Waals surface area contributed by atoms with Crippen LogP contribution in [0.4, 0.5) is 4.79 Å². The van der Waals surface area contributed by atoms with Gasteiger partial charge < -0.3 is 21.1 Å². The van der Waals surface area contributed by atoms with Crippen molar-refractivity contribution in [2.75, 3.05) is 19.6 Å². The Bertz CT molecular complexity index is 499. The van der Waals surface area contributed by atoms with Crippen molar-refractivity contribution in [2.24, 2.45) is 0 Å². The highest BCUT2D eigenvalue weighted by Gasteiger charge is 2.15. The average Bonchev–Trinajstić information content (AvgIpc) is 2.48. The Morgan fingerprint density at radius 2 is 1.95 bits per heavy atom. The van der Waals surface area contributed by atoms with Crippen molar-refractivity contribution in [1.82, 2.24) is 16.0 Å². The van der Waals surface area contributed by atoms with Crippen LogP contribution in [0.3, 0.4) is 0 Å². The molecule has 1 aromatic rings. The van der Waals surface area contributed by atoms with E-state index in [1.165, 1.54) is 0 Å². The Labute approximate surface area is 123 Å². The van der Waals surface area contributed by atoms with Crippen molar-refractivity contribution < 1.29 is 14.7 Å². The molecule has 6 heteroatoms. The summed E-state index contributed by atoms with van der Waals surface area (Å²) in [5, 5.41) is 18.0. The van der Waals surface area contributed by atoms with Crippen LogP contribution in [-0.4, -0.2) is 42.8 Å². The minimum Gasteiger partial charge on any atom is -0.478 e. The van der Waals surface area contributed by atoms with Gasteiger partial charge in [-0.3, -0.25) is 0 Å². The molecular weight excluding hydrogens is 270 g/mol. The Hall–Kier alpha value is -2.08. The number of carbonyl (C=O) groups is 2. The molecule has 114 valence electrons. The predicted molar refractivity (Wildman–Crippen MR) is 79.5 cm³/mol. The molecule has 1 aliphatic heterocycles. The molecule has 0 saturated carbocycles. The van der Waals surface area contributed by atoms with E-state index in [4.69, 9.17) is 5.11 Å². The van der Waals surface area contributed by atoms with Crippen LogP contribution < -0.4 is 16.0 Å². The molecule has 1 aromatic carbocycles. The third-order valence-corrected chi connectivity index (χ3v) is 3.60. The molecule has 0 aliphatic carbocycles. The molecule has 0 radical (unpaired) electrons. The molecule has 1 heterocycles. The number of nitrogens with one attached hydrogen (secondary N) is 3. The second kappa shape index (κ2) is 7.64. The lowest BCUT2D eigenvalue weighted by molar-refractivity contribution is 0.0695. The topological polar surface area (TPSA) is 90.5 Å². The zero-order valence-corrected chi connectivity index (χ0v) is 11.9. The maximum Gasteiger partial charge on any atom is 0.335 e. The number of rotatable bonds is 5. The summed E-state index contributed by atoms with van der Waals surface area (Å²) in [6.45, 7) is 2.27. The van der Waals surface area contributed by atoms with Crippen molar-refractivity contribution >= 4 is 12.0 Å². The number of carboxylic acid groups (broad SMARTS) is 1. The Balaban J connectivity index is 1.76. The molecule has 0 aromatic heterocycles. The number of carboxylic acids is 1. The fourth-order valence-corrected chi connectivity index (χ4v) is 2.46. The van der Waals surface area contributed by atoms with Gasteiger partial charge >= 0.3 is 12.0 Å². The number of carbonyl (C=O) groups excluding carboxylic acids is 1. The maximum absolute atomic E-state index is 11.8. The number of benzene rings is 1. The van der Waals surface area contributed by atoms with Crippen molar-refractivity contribution in [3.63, 3.8) is 0 Å². The van der Waals surface area contributed by atoms with E-state index in [9.17, 15) is 9.59 Å². The van der Waals surface area contributed by atoms with Crippen LogP contribution in [0, 0.1) is 0 Å². The summed E-state index contributed by atoms with van der Waals surface area (Å²) in [5.74, 6) is -0.940. The van der Waals surface area contributed by atoms with Crippen molar-refractivity contribution in [3.05, 3.63) is 35.4 Å². The van der Waals surface area contributed by atoms with Crippen molar-refractivity contribution in [2.45, 2.75) is 25.3 Å². The fourth-order valence-electron chi connectivity index (χ4n) is 2.46. The molecule has 6 nitrogen and oxygen atoms in total. The lowest BCUT2D eigenvalue weighted by Gasteiger charge is -2.23. The van der Waals surface area contributed by atoms with Crippen molar-refractivity contribution in [3.8, 4) is 0 Å². The highest BCUT2D eigenvalue weighted by Crippen LogP contribution is 2.09. The Morgan fingerprint density at radius 1 is 1.24 bits per heavy atom. The van der Waals surface area contributed by atoms with Gasteiger partial charge in [-0.15, -0.1) is 0 Å². The summed E-state index contributed by atoms with van der Waals surface area (Å²) in [5.41, 5.74) is 1.02. The summed E-state index contributed by atoms with van der Waals surface area (Å²) in [6, 6.07) is 6.89. The molecule has 4 N–H and O–H groups in total. The molecule has 0 unspecified atom stereocenters. The van der Waals surface area contributed by atoms with Crippen LogP contribution in [0.5, 0.6) is 0 Å². The third-order valence-electron chi connectivity index (χ3n) is 3.60. The average molecular weight is 291 g/mol. The highest BCUT2D eigenvalue weighted by molar-refractivity contribution is 5.89. The van der Waals surface area contributed by atoms with Gasteiger partial charge in [0.15, 0.2) is 0 Å². The van der Waals surface area contributed by atoms with Gasteiger partial charge in [0.2, 0.25) is 0 Å². The molecule has 0 atom stereocenters. The van der Waals surface area contributed by atoms with Gasteiger partial charge in [-0.25, -0.2) is 9.59 Å². The first-order valence-electron chi connectivity index (χ1n) is 7.23. The van der Waals surface area contributed by atoms with E-state index in [0.29, 0.717) is 13.0 Å². The molecule has 1 saturated heterocycles. The van der Waals surface area contributed by atoms with Crippen molar-refractivity contribution in [1.29, 1.82) is 0 Å². The van der Waals surface area contributed by atoms with E-state index < -0.39 is 5.97 Å². The van der Waals surface area contributed by atoms with Gasteiger partial charge in [0.1, 0.15) is 0 Å². The summed E-state index contributed by atoms with van der Waals surface area (Å²) in [6.07, 6.45) is 2.38. The summed E-state index contributed by atoms with van der Waals surface area (Å²) < 4.78 is 0. The fraction of sp³-hybridized carbons (Fsp3) is 0.467. The zero-order valence-electron chi connectivity index (χ0n) is 11.9. The van der Waals surface area contributed by atoms with Crippen LogP contribution in [0.1, 0.15) is 28.8 Å². The van der Waals surface area contributed by atoms with Crippen LogP contribution in [-0.2, 0) is 6.42 Å². The minimum atomic E-state index is -0.940. The first-order valence-corrected chi connectivity index (χ1v) is 7.23. The molecule has 0 bridgehead atoms. The first kappa shape index (κ1) is 15.3. The largest absolute Gasteiger partial charge is 0.478 e. The quantitative estimate of drug-likeness (QED) is 0.651. The number of urea groups is 1. The van der Waals surface area contributed by atoms with Gasteiger partial charge in [-0.2, -0.15) is 0 Å². The summed E-state index contributed by atoms with van der Waals surface area (Å²) in [4.78, 5) is 22.8. The molecule has 2 amide bonds. The molecule has 2 rings (SSSR count). The van der Waals surface area contributed by atoms with Crippen LogP contribution in [0.15, 0.2) is 24.3 Å². The molecule has 21 heavy (non-hydrogen) atoms. The van der Waals surface area contributed by atoms with E-state index in [2.05, 4.69) is 16.0 Å². The zero-order chi connectivity index (χ0) is 15.1. The van der Waals surface area contributed by atoms with Gasteiger partial charge in [0.25, 0.3) is 0 Å². The normalized spacial score (nSPS) is 15.4. The second-order valence-corrected chi connectivity index (χ2v) is 5.14. The number of hydrogen-bond donors (Lipinski definition) is 4. The van der Waals surface area contributed by atoms with E-state index in [-0.39, 0.29) is 17.6 Å². The Kier molecular flexibility index (Phi) is 5.57. The number of amides is 2. The third kappa shape index (κ3) is 4.75. The van der Waals surface area contributed by atoms with Crippen LogP contribution in [0.2, 0.25) is 0 Å². The summed E-state index contributed by atoms with van der Waals surface area (Å²) in [7, 11) is 0. The van der Waals surface area contributed by atoms with Gasteiger partial charge in [-0.1, -0.05) is 18.2 Å². The lowest BCUT2D eigenvalue weighted by Crippen LogP contribution is -2.47. The van der Waals surface area contributed by atoms with Crippen LogP contribution in [0.25, 0.3) is 0 Å². The van der Waals surface area contributed by atoms with E-state index in [0.717, 1.165) is 31.5 Å². The molecule has 0 spiro atoms. The monoisotopic (exact) mass is 291 g/mol. The number of piperidine rings is 1. The van der Waals surface area contributed by atoms with E-state index >= 15 is 0 Å². The highest BCUT2D eigenvalue weighted by atomic mass is 16.4. The molecule has 1 aliphatic rings. The molecular formula is C15H21N3O3. The maximum atomic E-state index is 11.8. The first-order chi connectivity index (χ1) is 10.2. The van der Waals surface area contributed by atoms with E-state index in [1.807, 2.05) is 0 Å². The predicted octanol–water partition coefficient (Wildman–Crippen LogP) is 0.978. The Morgan fingerprint density at radius 3 is 2.67 bits per heavy atom. The number of hydrogen-bond acceptors (Lipinski definition) is 3. The second-order valence-electron chi connectivity index (χ2n) is 5.14. The molecule has 1 fully saturated rings. The standard InChI is InChI=1S/C15H21N3O3/c19-14(20)13-4-2-1-3-11(13)5-10-17-15(21)18-12-6-8-16-9-7-12/h1-4,12,16H,5-10H2,(H,19,20)(H2,17,18,21). The van der Waals surface area contributed by atoms with Gasteiger partial charge in [0, 0.05) is 12.6 Å². The SMILES string of the molecule is O=C(NCCc1ccccc1C(=O)O)NC1CCNCC1.